The fraction of sp³-hybridized carbons (Fsp3) is 0.455. The van der Waals surface area contributed by atoms with E-state index in [1.54, 1.807) is 26.5 Å². The average molecular weight is 541 g/mol. The van der Waals surface area contributed by atoms with Gasteiger partial charge in [-0.1, -0.05) is 12.1 Å². The van der Waals surface area contributed by atoms with Gasteiger partial charge in [-0.15, -0.1) is 24.0 Å². The van der Waals surface area contributed by atoms with Crippen LogP contribution in [0.4, 0.5) is 0 Å². The fourth-order valence-electron chi connectivity index (χ4n) is 3.60. The summed E-state index contributed by atoms with van der Waals surface area (Å²) in [7, 11) is 3.39. The number of ether oxygens (including phenoxy) is 1. The summed E-state index contributed by atoms with van der Waals surface area (Å²) in [4.78, 5) is 18.8. The Morgan fingerprint density at radius 1 is 1.19 bits per heavy atom. The fourth-order valence-corrected chi connectivity index (χ4v) is 3.60. The van der Waals surface area contributed by atoms with Crippen molar-refractivity contribution in [2.45, 2.75) is 25.4 Å². The predicted molar refractivity (Wildman–Crippen MR) is 132 cm³/mol. The van der Waals surface area contributed by atoms with Crippen LogP contribution < -0.4 is 20.7 Å². The van der Waals surface area contributed by atoms with Gasteiger partial charge in [-0.25, -0.2) is 0 Å². The second-order valence-corrected chi connectivity index (χ2v) is 7.20. The monoisotopic (exact) mass is 541 g/mol. The maximum absolute atomic E-state index is 12.1. The number of hydrogen-bond acceptors (Lipinski definition) is 5. The van der Waals surface area contributed by atoms with Crippen molar-refractivity contribution in [1.29, 1.82) is 0 Å². The molecule has 1 fully saturated rings. The first-order valence-electron chi connectivity index (χ1n) is 10.3. The van der Waals surface area contributed by atoms with Gasteiger partial charge in [0, 0.05) is 13.6 Å². The summed E-state index contributed by atoms with van der Waals surface area (Å²) in [6, 6.07) is 12.0. The number of methoxy groups -OCH3 is 1. The molecule has 9 heteroatoms. The molecule has 170 valence electrons. The highest BCUT2D eigenvalue weighted by Gasteiger charge is 2.24. The second-order valence-electron chi connectivity index (χ2n) is 7.20. The summed E-state index contributed by atoms with van der Waals surface area (Å²) in [5, 5.41) is 9.25. The molecule has 1 atom stereocenters. The number of halogens is 1. The molecular formula is C22H32IN5O3. The number of nitrogens with one attached hydrogen (secondary N) is 3. The summed E-state index contributed by atoms with van der Waals surface area (Å²) in [5.41, 5.74) is 1.20. The SMILES string of the molecule is CN=C(NCC(=O)NCc1ccco1)NCC(c1cccc(OC)c1)N1CCCC1.I. The Labute approximate surface area is 200 Å². The molecule has 0 radical (unpaired) electrons. The first kappa shape index (κ1) is 25.0. The molecule has 0 saturated carbocycles. The van der Waals surface area contributed by atoms with Crippen molar-refractivity contribution in [1.82, 2.24) is 20.9 Å². The van der Waals surface area contributed by atoms with Crippen LogP contribution in [0.2, 0.25) is 0 Å². The van der Waals surface area contributed by atoms with Gasteiger partial charge in [0.15, 0.2) is 5.96 Å². The largest absolute Gasteiger partial charge is 0.497 e. The number of carbonyl (C=O) groups is 1. The molecule has 2 heterocycles. The van der Waals surface area contributed by atoms with Crippen LogP contribution >= 0.6 is 24.0 Å². The zero-order valence-electron chi connectivity index (χ0n) is 18.1. The van der Waals surface area contributed by atoms with E-state index >= 15 is 0 Å². The van der Waals surface area contributed by atoms with Gasteiger partial charge < -0.3 is 25.1 Å². The highest BCUT2D eigenvalue weighted by atomic mass is 127. The third kappa shape index (κ3) is 7.73. The van der Waals surface area contributed by atoms with Crippen molar-refractivity contribution in [2.24, 2.45) is 4.99 Å². The number of hydrogen-bond donors (Lipinski definition) is 3. The highest BCUT2D eigenvalue weighted by Crippen LogP contribution is 2.27. The predicted octanol–water partition coefficient (Wildman–Crippen LogP) is 2.52. The van der Waals surface area contributed by atoms with Gasteiger partial charge in [-0.05, 0) is 55.8 Å². The second kappa shape index (κ2) is 13.2. The van der Waals surface area contributed by atoms with Crippen molar-refractivity contribution >= 4 is 35.8 Å². The molecule has 8 nitrogen and oxygen atoms in total. The average Bonchev–Trinajstić information content (AvgIpc) is 3.49. The molecule has 0 spiro atoms. The van der Waals surface area contributed by atoms with Gasteiger partial charge >= 0.3 is 0 Å². The topological polar surface area (TPSA) is 91.1 Å². The molecule has 1 aliphatic heterocycles. The molecule has 3 rings (SSSR count). The minimum absolute atomic E-state index is 0. The van der Waals surface area contributed by atoms with Crippen LogP contribution in [0.5, 0.6) is 5.75 Å². The maximum atomic E-state index is 12.1. The number of benzene rings is 1. The minimum Gasteiger partial charge on any atom is -0.497 e. The molecular weight excluding hydrogens is 509 g/mol. The van der Waals surface area contributed by atoms with Crippen LogP contribution in [0.1, 0.15) is 30.2 Å². The quantitative estimate of drug-likeness (QED) is 0.257. The summed E-state index contributed by atoms with van der Waals surface area (Å²) in [6.07, 6.45) is 4.01. The Hall–Kier alpha value is -2.27. The van der Waals surface area contributed by atoms with Crippen molar-refractivity contribution in [3.8, 4) is 5.75 Å². The van der Waals surface area contributed by atoms with Gasteiger partial charge in [0.2, 0.25) is 5.91 Å². The number of furan rings is 1. The molecule has 2 aromatic rings. The lowest BCUT2D eigenvalue weighted by atomic mass is 10.1. The lowest BCUT2D eigenvalue weighted by Gasteiger charge is -2.29. The number of amides is 1. The molecule has 1 aromatic heterocycles. The number of aliphatic imine (C=N–C) groups is 1. The zero-order valence-corrected chi connectivity index (χ0v) is 20.4. The van der Waals surface area contributed by atoms with E-state index < -0.39 is 0 Å². The third-order valence-electron chi connectivity index (χ3n) is 5.20. The molecule has 31 heavy (non-hydrogen) atoms. The van der Waals surface area contributed by atoms with Gasteiger partial charge in [0.25, 0.3) is 0 Å². The lowest BCUT2D eigenvalue weighted by molar-refractivity contribution is -0.120. The lowest BCUT2D eigenvalue weighted by Crippen LogP contribution is -2.45. The number of nitrogens with zero attached hydrogens (tertiary/aromatic N) is 2. The van der Waals surface area contributed by atoms with Crippen LogP contribution in [-0.4, -0.2) is 57.1 Å². The number of likely N-dealkylation sites (tertiary alicyclic amines) is 1. The summed E-state index contributed by atoms with van der Waals surface area (Å²) in [6.45, 7) is 3.33. The van der Waals surface area contributed by atoms with Crippen molar-refractivity contribution in [2.75, 3.05) is 40.3 Å². The van der Waals surface area contributed by atoms with Crippen molar-refractivity contribution in [3.63, 3.8) is 0 Å². The smallest absolute Gasteiger partial charge is 0.239 e. The van der Waals surface area contributed by atoms with Crippen LogP contribution in [0.15, 0.2) is 52.1 Å². The van der Waals surface area contributed by atoms with Gasteiger partial charge in [0.05, 0.1) is 32.5 Å². The minimum atomic E-state index is -0.127. The summed E-state index contributed by atoms with van der Waals surface area (Å²) < 4.78 is 10.6. The third-order valence-corrected chi connectivity index (χ3v) is 5.20. The first-order valence-corrected chi connectivity index (χ1v) is 10.3. The van der Waals surface area contributed by atoms with E-state index in [2.05, 4.69) is 38.0 Å². The van der Waals surface area contributed by atoms with E-state index in [1.165, 1.54) is 18.4 Å². The molecule has 0 aliphatic carbocycles. The number of carbonyl (C=O) groups excluding carboxylic acids is 1. The van der Waals surface area contributed by atoms with Crippen LogP contribution in [-0.2, 0) is 11.3 Å². The van der Waals surface area contributed by atoms with Crippen molar-refractivity contribution in [3.05, 3.63) is 54.0 Å². The Bertz CT molecular complexity index is 822. The van der Waals surface area contributed by atoms with E-state index in [0.29, 0.717) is 19.0 Å². The summed E-state index contributed by atoms with van der Waals surface area (Å²) in [5.74, 6) is 2.04. The molecule has 1 aliphatic rings. The van der Waals surface area contributed by atoms with E-state index in [9.17, 15) is 4.79 Å². The Morgan fingerprint density at radius 2 is 2.00 bits per heavy atom. The van der Waals surface area contributed by atoms with E-state index in [4.69, 9.17) is 9.15 Å². The zero-order chi connectivity index (χ0) is 21.2. The Kier molecular flexibility index (Phi) is 10.6. The molecule has 3 N–H and O–H groups in total. The molecule has 0 bridgehead atoms. The van der Waals surface area contributed by atoms with E-state index in [-0.39, 0.29) is 42.5 Å². The van der Waals surface area contributed by atoms with Gasteiger partial charge in [-0.2, -0.15) is 0 Å². The normalized spacial score (nSPS) is 15.1. The van der Waals surface area contributed by atoms with Crippen LogP contribution in [0.3, 0.4) is 0 Å². The van der Waals surface area contributed by atoms with Crippen LogP contribution in [0, 0.1) is 0 Å². The number of rotatable bonds is 9. The molecule has 1 amide bonds. The Morgan fingerprint density at radius 3 is 2.68 bits per heavy atom. The molecule has 1 aromatic carbocycles. The standard InChI is InChI=1S/C22H31N5O3.HI/c1-23-22(26-16-21(28)24-14-19-9-6-12-30-19)25-15-20(27-10-3-4-11-27)17-7-5-8-18(13-17)29-2;/h5-9,12-13,20H,3-4,10-11,14-16H2,1-2H3,(H,24,28)(H2,23,25,26);1H. The van der Waals surface area contributed by atoms with E-state index in [0.717, 1.165) is 24.6 Å². The maximum Gasteiger partial charge on any atom is 0.239 e. The first-order chi connectivity index (χ1) is 14.7. The van der Waals surface area contributed by atoms with E-state index in [1.807, 2.05) is 18.2 Å². The van der Waals surface area contributed by atoms with Crippen molar-refractivity contribution < 1.29 is 13.9 Å². The highest BCUT2D eigenvalue weighted by molar-refractivity contribution is 14.0. The summed E-state index contributed by atoms with van der Waals surface area (Å²) >= 11 is 0. The molecule has 1 unspecified atom stereocenters. The van der Waals surface area contributed by atoms with Gasteiger partial charge in [0.1, 0.15) is 11.5 Å². The molecule has 1 saturated heterocycles. The Balaban J connectivity index is 0.00000341. The van der Waals surface area contributed by atoms with Crippen LogP contribution in [0.25, 0.3) is 0 Å². The van der Waals surface area contributed by atoms with Gasteiger partial charge in [-0.3, -0.25) is 14.7 Å². The number of guanidine groups is 1.